The van der Waals surface area contributed by atoms with Gasteiger partial charge in [0.05, 0.1) is 0 Å². The molecule has 0 spiro atoms. The minimum Gasteiger partial charge on any atom is -0.330 e. The quantitative estimate of drug-likeness (QED) is 0.902. The molecule has 11 heavy (non-hydrogen) atoms. The molecule has 2 nitrogen and oxygen atoms in total. The van der Waals surface area contributed by atoms with Gasteiger partial charge in [0.15, 0.2) is 3.92 Å². The van der Waals surface area contributed by atoms with E-state index < -0.39 is 0 Å². The van der Waals surface area contributed by atoms with Gasteiger partial charge in [-0.1, -0.05) is 0 Å². The van der Waals surface area contributed by atoms with E-state index in [1.165, 1.54) is 4.88 Å². The molecule has 0 bridgehead atoms. The Morgan fingerprint density at radius 2 is 2.18 bits per heavy atom. The van der Waals surface area contributed by atoms with Crippen molar-refractivity contribution in [3.05, 3.63) is 15.0 Å². The molecule has 1 aromatic heterocycles. The fraction of sp³-hybridized carbons (Fsp3) is 0.400. The third-order valence-corrected chi connectivity index (χ3v) is 2.45. The lowest BCUT2D eigenvalue weighted by molar-refractivity contribution is 0.984. The lowest BCUT2D eigenvalue weighted by atomic mass is 10.4. The van der Waals surface area contributed by atoms with Crippen molar-refractivity contribution < 1.29 is 0 Å². The highest BCUT2D eigenvalue weighted by atomic mass is 79.9. The number of hydrogen-bond donors (Lipinski definition) is 1. The molecule has 0 saturated carbocycles. The summed E-state index contributed by atoms with van der Waals surface area (Å²) in [5.74, 6) is 0. The van der Waals surface area contributed by atoms with Crippen molar-refractivity contribution in [2.45, 2.75) is 6.42 Å². The van der Waals surface area contributed by atoms with Crippen LogP contribution in [0.3, 0.4) is 0 Å². The molecular formula is C5H9BrCl2N2S. The van der Waals surface area contributed by atoms with Crippen molar-refractivity contribution in [1.82, 2.24) is 4.98 Å². The molecule has 0 radical (unpaired) electrons. The van der Waals surface area contributed by atoms with Crippen molar-refractivity contribution in [2.75, 3.05) is 6.54 Å². The van der Waals surface area contributed by atoms with Crippen molar-refractivity contribution in [3.8, 4) is 0 Å². The summed E-state index contributed by atoms with van der Waals surface area (Å²) in [6.45, 7) is 0.703. The first-order valence-corrected chi connectivity index (χ1v) is 4.24. The molecule has 6 heteroatoms. The van der Waals surface area contributed by atoms with Crippen LogP contribution >= 0.6 is 52.1 Å². The highest BCUT2D eigenvalue weighted by Gasteiger charge is 1.95. The Balaban J connectivity index is 0. The van der Waals surface area contributed by atoms with Crippen LogP contribution in [0.25, 0.3) is 0 Å². The van der Waals surface area contributed by atoms with Gasteiger partial charge in [0.2, 0.25) is 0 Å². The number of aromatic nitrogens is 1. The molecule has 0 unspecified atom stereocenters. The molecular weight excluding hydrogens is 271 g/mol. The lowest BCUT2D eigenvalue weighted by Gasteiger charge is -1.85. The van der Waals surface area contributed by atoms with Crippen molar-refractivity contribution in [1.29, 1.82) is 0 Å². The molecule has 66 valence electrons. The molecule has 0 atom stereocenters. The number of halogens is 3. The Morgan fingerprint density at radius 3 is 2.55 bits per heavy atom. The molecule has 0 aromatic carbocycles. The van der Waals surface area contributed by atoms with Gasteiger partial charge in [0.25, 0.3) is 0 Å². The summed E-state index contributed by atoms with van der Waals surface area (Å²) in [5.41, 5.74) is 5.33. The predicted octanol–water partition coefficient (Wildman–Crippen LogP) is 2.25. The van der Waals surface area contributed by atoms with Crippen LogP contribution in [0.5, 0.6) is 0 Å². The Hall–Kier alpha value is 0.650. The number of thiazole rings is 1. The summed E-state index contributed by atoms with van der Waals surface area (Å²) in [6.07, 6.45) is 2.78. The van der Waals surface area contributed by atoms with Crippen LogP contribution < -0.4 is 5.73 Å². The van der Waals surface area contributed by atoms with E-state index in [2.05, 4.69) is 20.9 Å². The van der Waals surface area contributed by atoms with Gasteiger partial charge in [-0.05, 0) is 28.9 Å². The molecule has 0 aliphatic rings. The van der Waals surface area contributed by atoms with Gasteiger partial charge in [-0.2, -0.15) is 0 Å². The van der Waals surface area contributed by atoms with Gasteiger partial charge in [0.1, 0.15) is 0 Å². The SMILES string of the molecule is Cl.Cl.NCCc1cnc(Br)s1. The van der Waals surface area contributed by atoms with E-state index in [0.717, 1.165) is 10.3 Å². The Bertz CT molecular complexity index is 194. The van der Waals surface area contributed by atoms with Gasteiger partial charge in [-0.3, -0.25) is 0 Å². The maximum absolute atomic E-state index is 5.33. The van der Waals surface area contributed by atoms with Crippen molar-refractivity contribution >= 4 is 52.1 Å². The van der Waals surface area contributed by atoms with E-state index >= 15 is 0 Å². The first kappa shape index (κ1) is 14.2. The minimum absolute atomic E-state index is 0. The van der Waals surface area contributed by atoms with E-state index in [0.29, 0.717) is 6.54 Å². The molecule has 0 fully saturated rings. The first-order chi connectivity index (χ1) is 4.33. The van der Waals surface area contributed by atoms with Crippen molar-refractivity contribution in [3.63, 3.8) is 0 Å². The highest BCUT2D eigenvalue weighted by molar-refractivity contribution is 9.11. The van der Waals surface area contributed by atoms with Gasteiger partial charge >= 0.3 is 0 Å². The van der Waals surface area contributed by atoms with Gasteiger partial charge in [0, 0.05) is 11.1 Å². The smallest absolute Gasteiger partial charge is 0.159 e. The Labute approximate surface area is 90.5 Å². The maximum atomic E-state index is 5.33. The largest absolute Gasteiger partial charge is 0.330 e. The Kier molecular flexibility index (Phi) is 9.43. The van der Waals surface area contributed by atoms with E-state index in [9.17, 15) is 0 Å². The van der Waals surface area contributed by atoms with Crippen LogP contribution in [0.1, 0.15) is 4.88 Å². The second kappa shape index (κ2) is 7.31. The van der Waals surface area contributed by atoms with Crippen LogP contribution in [0.4, 0.5) is 0 Å². The van der Waals surface area contributed by atoms with Gasteiger partial charge in [-0.15, -0.1) is 36.2 Å². The summed E-state index contributed by atoms with van der Waals surface area (Å²) in [7, 11) is 0. The molecule has 2 N–H and O–H groups in total. The normalized spacial score (nSPS) is 8.18. The minimum atomic E-state index is 0. The lowest BCUT2D eigenvalue weighted by Crippen LogP contribution is -2.00. The average Bonchev–Trinajstić information content (AvgIpc) is 2.17. The van der Waals surface area contributed by atoms with E-state index in [-0.39, 0.29) is 24.8 Å². The summed E-state index contributed by atoms with van der Waals surface area (Å²) >= 11 is 4.91. The molecule has 1 rings (SSSR count). The first-order valence-electron chi connectivity index (χ1n) is 2.63. The molecule has 1 heterocycles. The molecule has 0 aliphatic heterocycles. The fourth-order valence-electron chi connectivity index (χ4n) is 0.541. The van der Waals surface area contributed by atoms with Crippen LogP contribution in [-0.2, 0) is 6.42 Å². The topological polar surface area (TPSA) is 38.9 Å². The highest BCUT2D eigenvalue weighted by Crippen LogP contribution is 2.17. The number of hydrogen-bond acceptors (Lipinski definition) is 3. The number of rotatable bonds is 2. The van der Waals surface area contributed by atoms with Gasteiger partial charge < -0.3 is 5.73 Å². The zero-order valence-corrected chi connectivity index (χ0v) is 9.65. The third kappa shape index (κ3) is 4.98. The van der Waals surface area contributed by atoms with Crippen LogP contribution in [0, 0.1) is 0 Å². The van der Waals surface area contributed by atoms with Crippen LogP contribution in [0.2, 0.25) is 0 Å². The monoisotopic (exact) mass is 278 g/mol. The summed E-state index contributed by atoms with van der Waals surface area (Å²) < 4.78 is 0.936. The predicted molar refractivity (Wildman–Crippen MR) is 57.1 cm³/mol. The second-order valence-corrected chi connectivity index (χ2v) is 4.01. The van der Waals surface area contributed by atoms with E-state index in [1.807, 2.05) is 6.20 Å². The van der Waals surface area contributed by atoms with E-state index in [4.69, 9.17) is 5.73 Å². The second-order valence-electron chi connectivity index (χ2n) is 1.62. The average molecular weight is 280 g/mol. The molecule has 1 aromatic rings. The third-order valence-electron chi connectivity index (χ3n) is 0.916. The molecule has 0 amide bonds. The van der Waals surface area contributed by atoms with Gasteiger partial charge in [-0.25, -0.2) is 4.98 Å². The van der Waals surface area contributed by atoms with Crippen molar-refractivity contribution in [2.24, 2.45) is 5.73 Å². The number of nitrogens with two attached hydrogens (primary N) is 1. The van der Waals surface area contributed by atoms with Crippen LogP contribution in [0.15, 0.2) is 10.1 Å². The van der Waals surface area contributed by atoms with E-state index in [1.54, 1.807) is 11.3 Å². The Morgan fingerprint density at radius 1 is 1.55 bits per heavy atom. The maximum Gasteiger partial charge on any atom is 0.159 e. The molecule has 0 saturated heterocycles. The zero-order valence-electron chi connectivity index (χ0n) is 5.62. The summed E-state index contributed by atoms with van der Waals surface area (Å²) in [4.78, 5) is 5.26. The fourth-order valence-corrected chi connectivity index (χ4v) is 1.91. The van der Waals surface area contributed by atoms with Crippen LogP contribution in [-0.4, -0.2) is 11.5 Å². The number of nitrogens with zero attached hydrogens (tertiary/aromatic N) is 1. The summed E-state index contributed by atoms with van der Waals surface area (Å²) in [5, 5.41) is 0. The zero-order chi connectivity index (χ0) is 6.69. The molecule has 0 aliphatic carbocycles. The summed E-state index contributed by atoms with van der Waals surface area (Å²) in [6, 6.07) is 0. The standard InChI is InChI=1S/C5H7BrN2S.2ClH/c6-5-8-3-4(9-5)1-2-7;;/h3H,1-2,7H2;2*1H.